The van der Waals surface area contributed by atoms with Gasteiger partial charge in [0.1, 0.15) is 11.5 Å². The van der Waals surface area contributed by atoms with Crippen molar-refractivity contribution >= 4 is 34.5 Å². The Balaban J connectivity index is 1.81. The number of amides is 3. The third-order valence-corrected chi connectivity index (χ3v) is 5.99. The second kappa shape index (κ2) is 8.79. The molecule has 11 nitrogen and oxygen atoms in total. The second-order valence-corrected chi connectivity index (χ2v) is 8.14. The van der Waals surface area contributed by atoms with E-state index in [9.17, 15) is 24.3 Å². The van der Waals surface area contributed by atoms with Gasteiger partial charge in [-0.25, -0.2) is 9.48 Å². The van der Waals surface area contributed by atoms with Crippen LogP contribution in [-0.4, -0.2) is 57.8 Å². The summed E-state index contributed by atoms with van der Waals surface area (Å²) in [7, 11) is 2.97. The smallest absolute Gasteiger partial charge is 0.356 e. The summed E-state index contributed by atoms with van der Waals surface area (Å²) in [6.07, 6.45) is 0. The van der Waals surface area contributed by atoms with Gasteiger partial charge in [-0.1, -0.05) is 18.2 Å². The number of hydrogen-bond donors (Lipinski definition) is 2. The molecule has 186 valence electrons. The van der Waals surface area contributed by atoms with E-state index in [2.05, 4.69) is 10.5 Å². The number of carboxylic acids is 1. The third-order valence-electron chi connectivity index (χ3n) is 5.99. The van der Waals surface area contributed by atoms with E-state index in [1.807, 2.05) is 0 Å². The highest BCUT2D eigenvalue weighted by molar-refractivity contribution is 6.26. The van der Waals surface area contributed by atoms with Crippen molar-refractivity contribution in [3.8, 4) is 28.4 Å². The van der Waals surface area contributed by atoms with Crippen molar-refractivity contribution in [2.45, 2.75) is 6.92 Å². The lowest BCUT2D eigenvalue weighted by Gasteiger charge is -2.27. The van der Waals surface area contributed by atoms with E-state index < -0.39 is 23.7 Å². The monoisotopic (exact) mass is 500 g/mol. The molecule has 0 fully saturated rings. The van der Waals surface area contributed by atoms with Crippen LogP contribution in [0.15, 0.2) is 54.6 Å². The molecule has 0 aliphatic carbocycles. The van der Waals surface area contributed by atoms with Crippen LogP contribution in [-0.2, 0) is 4.79 Å². The first-order chi connectivity index (χ1) is 17.8. The predicted octanol–water partition coefficient (Wildman–Crippen LogP) is 3.06. The van der Waals surface area contributed by atoms with Crippen LogP contribution in [0.25, 0.3) is 27.7 Å². The van der Waals surface area contributed by atoms with Gasteiger partial charge >= 0.3 is 5.97 Å². The Hall–Kier alpha value is -5.19. The first-order valence-electron chi connectivity index (χ1n) is 11.0. The average molecular weight is 500 g/mol. The molecule has 11 heteroatoms. The van der Waals surface area contributed by atoms with Crippen molar-refractivity contribution in [3.63, 3.8) is 0 Å². The molecular formula is C26H20N4O7. The maximum atomic E-state index is 13.1. The van der Waals surface area contributed by atoms with Gasteiger partial charge in [0.15, 0.2) is 5.69 Å². The molecule has 4 aromatic rings. The summed E-state index contributed by atoms with van der Waals surface area (Å²) in [5, 5.41) is 15.6. The molecule has 0 saturated carbocycles. The minimum Gasteiger partial charge on any atom is -0.496 e. The molecule has 0 atom stereocenters. The zero-order valence-electron chi connectivity index (χ0n) is 19.9. The minimum atomic E-state index is -1.24. The molecule has 0 saturated heterocycles. The molecule has 3 aromatic carbocycles. The highest BCUT2D eigenvalue weighted by atomic mass is 16.5. The van der Waals surface area contributed by atoms with Crippen molar-refractivity contribution in [2.75, 3.05) is 14.2 Å². The van der Waals surface area contributed by atoms with E-state index in [0.717, 1.165) is 0 Å². The number of rotatable bonds is 6. The highest BCUT2D eigenvalue weighted by Gasteiger charge is 2.35. The fraction of sp³-hybridized carbons (Fsp3) is 0.115. The lowest BCUT2D eigenvalue weighted by Crippen LogP contribution is -2.51. The zero-order chi connectivity index (χ0) is 26.4. The average Bonchev–Trinajstić information content (AvgIpc) is 3.33. The molecule has 1 aliphatic heterocycles. The number of methoxy groups -OCH3 is 2. The lowest BCUT2D eigenvalue weighted by molar-refractivity contribution is -0.122. The molecule has 0 radical (unpaired) electrons. The van der Waals surface area contributed by atoms with Crippen molar-refractivity contribution < 1.29 is 33.8 Å². The van der Waals surface area contributed by atoms with Crippen LogP contribution < -0.4 is 14.9 Å². The number of aromatic nitrogens is 2. The van der Waals surface area contributed by atoms with Gasteiger partial charge in [-0.2, -0.15) is 10.1 Å². The Kier molecular flexibility index (Phi) is 5.59. The number of benzene rings is 3. The summed E-state index contributed by atoms with van der Waals surface area (Å²) in [5.41, 5.74) is 3.69. The number of hydrogen-bond acceptors (Lipinski definition) is 7. The summed E-state index contributed by atoms with van der Waals surface area (Å²) >= 11 is 0. The normalized spacial score (nSPS) is 12.6. The fourth-order valence-corrected chi connectivity index (χ4v) is 4.48. The topological polar surface area (TPSA) is 140 Å². The molecular weight excluding hydrogens is 480 g/mol. The standard InChI is InChI=1S/C26H20N4O7/c1-13(31)27-30-24(32)15-7-4-6-14-18(11-10-16(22(14)15)25(30)33)29-19(12-17(28-29)26(34)35)23-20(36-2)8-5-9-21(23)37-3/h4-12H,1-3H3,(H,27,31)(H,34,35). The number of carbonyl (C=O) groups excluding carboxylic acids is 3. The van der Waals surface area contributed by atoms with E-state index in [-0.39, 0.29) is 16.8 Å². The summed E-state index contributed by atoms with van der Waals surface area (Å²) in [6, 6.07) is 14.6. The van der Waals surface area contributed by atoms with Crippen LogP contribution in [0.3, 0.4) is 0 Å². The van der Waals surface area contributed by atoms with E-state index in [1.54, 1.807) is 42.5 Å². The molecule has 1 aliphatic rings. The Bertz CT molecular complexity index is 1600. The number of carbonyl (C=O) groups is 4. The summed E-state index contributed by atoms with van der Waals surface area (Å²) < 4.78 is 12.5. The van der Waals surface area contributed by atoms with Crippen molar-refractivity contribution in [3.05, 3.63) is 71.4 Å². The van der Waals surface area contributed by atoms with E-state index in [0.29, 0.717) is 44.2 Å². The minimum absolute atomic E-state index is 0.199. The largest absolute Gasteiger partial charge is 0.496 e. The van der Waals surface area contributed by atoms with Crippen LogP contribution in [0.2, 0.25) is 0 Å². The SMILES string of the molecule is COc1cccc(OC)c1-c1cc(C(=O)O)nn1-c1ccc2c3c(cccc13)C(=O)N(NC(C)=O)C2=O. The molecule has 3 amide bonds. The summed E-state index contributed by atoms with van der Waals surface area (Å²) in [6.45, 7) is 1.20. The number of hydrazine groups is 1. The fourth-order valence-electron chi connectivity index (χ4n) is 4.48. The number of imide groups is 1. The maximum absolute atomic E-state index is 13.1. The van der Waals surface area contributed by atoms with Gasteiger partial charge in [-0.15, -0.1) is 0 Å². The van der Waals surface area contributed by atoms with Gasteiger partial charge in [0, 0.05) is 17.7 Å². The van der Waals surface area contributed by atoms with Crippen molar-refractivity contribution in [1.29, 1.82) is 0 Å². The third kappa shape index (κ3) is 3.64. The number of nitrogens with zero attached hydrogens (tertiary/aromatic N) is 3. The lowest BCUT2D eigenvalue weighted by atomic mass is 9.93. The van der Waals surface area contributed by atoms with E-state index >= 15 is 0 Å². The van der Waals surface area contributed by atoms with E-state index in [1.165, 1.54) is 38.0 Å². The van der Waals surface area contributed by atoms with Crippen LogP contribution in [0.1, 0.15) is 38.1 Å². The molecule has 0 unspecified atom stereocenters. The van der Waals surface area contributed by atoms with Gasteiger partial charge in [0.05, 0.1) is 42.3 Å². The highest BCUT2D eigenvalue weighted by Crippen LogP contribution is 2.41. The van der Waals surface area contributed by atoms with Crippen molar-refractivity contribution in [1.82, 2.24) is 20.2 Å². The van der Waals surface area contributed by atoms with Gasteiger partial charge in [-0.05, 0) is 36.4 Å². The van der Waals surface area contributed by atoms with Gasteiger partial charge < -0.3 is 14.6 Å². The van der Waals surface area contributed by atoms with Gasteiger partial charge in [0.25, 0.3) is 11.8 Å². The quantitative estimate of drug-likeness (QED) is 0.385. The van der Waals surface area contributed by atoms with Crippen LogP contribution in [0.4, 0.5) is 0 Å². The zero-order valence-corrected chi connectivity index (χ0v) is 19.9. The summed E-state index contributed by atoms with van der Waals surface area (Å²) in [4.78, 5) is 49.7. The Morgan fingerprint density at radius 2 is 1.54 bits per heavy atom. The molecule has 2 heterocycles. The number of carboxylic acid groups (broad SMARTS) is 1. The second-order valence-electron chi connectivity index (χ2n) is 8.14. The molecule has 0 bridgehead atoms. The number of nitrogens with one attached hydrogen (secondary N) is 1. The summed E-state index contributed by atoms with van der Waals surface area (Å²) in [5.74, 6) is -2.33. The predicted molar refractivity (Wildman–Crippen MR) is 131 cm³/mol. The Morgan fingerprint density at radius 3 is 2.14 bits per heavy atom. The van der Waals surface area contributed by atoms with Crippen LogP contribution in [0.5, 0.6) is 11.5 Å². The van der Waals surface area contributed by atoms with Crippen molar-refractivity contribution in [2.24, 2.45) is 0 Å². The Labute approximate surface area is 209 Å². The molecule has 37 heavy (non-hydrogen) atoms. The maximum Gasteiger partial charge on any atom is 0.356 e. The first kappa shape index (κ1) is 23.5. The molecule has 5 rings (SSSR count). The molecule has 1 aromatic heterocycles. The molecule has 0 spiro atoms. The number of ether oxygens (including phenoxy) is 2. The molecule has 2 N–H and O–H groups in total. The van der Waals surface area contributed by atoms with Gasteiger partial charge in [0.2, 0.25) is 5.91 Å². The Morgan fingerprint density at radius 1 is 0.919 bits per heavy atom. The number of aromatic carboxylic acids is 1. The van der Waals surface area contributed by atoms with E-state index in [4.69, 9.17) is 9.47 Å². The van der Waals surface area contributed by atoms with Crippen LogP contribution in [0, 0.1) is 0 Å². The van der Waals surface area contributed by atoms with Crippen LogP contribution >= 0.6 is 0 Å². The van der Waals surface area contributed by atoms with Gasteiger partial charge in [-0.3, -0.25) is 19.8 Å². The first-order valence-corrected chi connectivity index (χ1v) is 11.0.